The summed E-state index contributed by atoms with van der Waals surface area (Å²) >= 11 is 13.3. The average Bonchev–Trinajstić information content (AvgIpc) is 3.67. The van der Waals surface area contributed by atoms with Crippen LogP contribution in [0.1, 0.15) is 23.5 Å². The van der Waals surface area contributed by atoms with Crippen molar-refractivity contribution >= 4 is 46.6 Å². The van der Waals surface area contributed by atoms with Gasteiger partial charge in [-0.05, 0) is 61.2 Å². The minimum Gasteiger partial charge on any atom is -0.410 e. The monoisotopic (exact) mass is 535 g/mol. The van der Waals surface area contributed by atoms with Crippen molar-refractivity contribution < 1.29 is 14.3 Å². The Bertz CT molecular complexity index is 1400. The van der Waals surface area contributed by atoms with Gasteiger partial charge in [-0.15, -0.1) is 0 Å². The van der Waals surface area contributed by atoms with Crippen molar-refractivity contribution in [2.75, 3.05) is 38.1 Å². The van der Waals surface area contributed by atoms with Crippen LogP contribution in [-0.2, 0) is 4.79 Å². The molecule has 1 saturated heterocycles. The largest absolute Gasteiger partial charge is 0.415 e. The van der Waals surface area contributed by atoms with Gasteiger partial charge >= 0.3 is 6.09 Å². The Hall–Kier alpha value is -3.06. The van der Waals surface area contributed by atoms with Gasteiger partial charge in [0.1, 0.15) is 5.75 Å². The second-order valence-corrected chi connectivity index (χ2v) is 10.9. The smallest absolute Gasteiger partial charge is 0.410 e. The molecule has 3 aliphatic rings. The number of fused-ring (bicyclic) bond motifs is 3. The summed E-state index contributed by atoms with van der Waals surface area (Å²) in [7, 11) is 2.04. The van der Waals surface area contributed by atoms with E-state index in [1.807, 2.05) is 56.4 Å². The van der Waals surface area contributed by atoms with Gasteiger partial charge in [0.2, 0.25) is 5.91 Å². The molecule has 2 amide bonds. The van der Waals surface area contributed by atoms with E-state index in [0.717, 1.165) is 41.8 Å². The van der Waals surface area contributed by atoms with Gasteiger partial charge in [0.15, 0.2) is 0 Å². The molecule has 8 heteroatoms. The third-order valence-corrected chi connectivity index (χ3v) is 8.25. The second-order valence-electron chi connectivity index (χ2n) is 10.1. The lowest BCUT2D eigenvalue weighted by Crippen LogP contribution is -2.48. The van der Waals surface area contributed by atoms with Crippen LogP contribution >= 0.6 is 23.2 Å². The number of piperazine rings is 1. The number of benzene rings is 3. The number of para-hydroxylation sites is 1. The van der Waals surface area contributed by atoms with Crippen molar-refractivity contribution in [3.05, 3.63) is 75.8 Å². The van der Waals surface area contributed by atoms with Crippen LogP contribution in [0, 0.1) is 12.8 Å². The molecule has 2 aliphatic heterocycles. The molecular formula is C29H27Cl2N3O3. The number of anilines is 2. The van der Waals surface area contributed by atoms with E-state index in [-0.39, 0.29) is 17.7 Å². The lowest BCUT2D eigenvalue weighted by atomic mass is 9.90. The summed E-state index contributed by atoms with van der Waals surface area (Å²) in [5, 5.41) is 1.10. The zero-order valence-electron chi connectivity index (χ0n) is 20.7. The highest BCUT2D eigenvalue weighted by Crippen LogP contribution is 2.61. The highest BCUT2D eigenvalue weighted by molar-refractivity contribution is 6.35. The second kappa shape index (κ2) is 9.35. The Balaban J connectivity index is 1.51. The van der Waals surface area contributed by atoms with Crippen LogP contribution < -0.4 is 9.64 Å². The minimum absolute atomic E-state index is 0.0151. The first kappa shape index (κ1) is 24.3. The fourth-order valence-electron chi connectivity index (χ4n) is 5.51. The number of halogens is 2. The number of likely N-dealkylation sites (N-methyl/N-ethyl adjacent to an activating group) is 1. The first-order chi connectivity index (χ1) is 17.8. The zero-order valence-corrected chi connectivity index (χ0v) is 22.2. The van der Waals surface area contributed by atoms with Crippen LogP contribution in [0.3, 0.4) is 0 Å². The normalized spacial score (nSPS) is 20.9. The van der Waals surface area contributed by atoms with Crippen molar-refractivity contribution in [3.8, 4) is 16.9 Å². The van der Waals surface area contributed by atoms with E-state index in [0.29, 0.717) is 40.3 Å². The van der Waals surface area contributed by atoms with E-state index in [2.05, 4.69) is 4.90 Å². The van der Waals surface area contributed by atoms with Gasteiger partial charge in [-0.2, -0.15) is 0 Å². The average molecular weight is 536 g/mol. The summed E-state index contributed by atoms with van der Waals surface area (Å²) < 4.78 is 5.94. The Kier molecular flexibility index (Phi) is 6.14. The maximum absolute atomic E-state index is 13.7. The van der Waals surface area contributed by atoms with Crippen LogP contribution in [0.4, 0.5) is 16.2 Å². The molecule has 0 radical (unpaired) electrons. The maximum atomic E-state index is 13.7. The van der Waals surface area contributed by atoms with E-state index in [4.69, 9.17) is 27.9 Å². The zero-order chi connectivity index (χ0) is 25.8. The number of carbonyl (C=O) groups excluding carboxylic acids is 2. The molecular weight excluding hydrogens is 509 g/mol. The van der Waals surface area contributed by atoms with E-state index in [1.165, 1.54) is 0 Å². The summed E-state index contributed by atoms with van der Waals surface area (Å²) in [5.41, 5.74) is 5.00. The molecule has 2 fully saturated rings. The number of ether oxygens (including phenoxy) is 1. The number of rotatable bonds is 3. The number of carbonyl (C=O) groups is 2. The van der Waals surface area contributed by atoms with Gasteiger partial charge in [-0.25, -0.2) is 4.79 Å². The first-order valence-electron chi connectivity index (χ1n) is 12.5. The maximum Gasteiger partial charge on any atom is 0.415 e. The fraction of sp³-hybridized carbons (Fsp3) is 0.310. The Morgan fingerprint density at radius 2 is 1.65 bits per heavy atom. The quantitative estimate of drug-likeness (QED) is 0.384. The Morgan fingerprint density at radius 3 is 2.38 bits per heavy atom. The summed E-state index contributed by atoms with van der Waals surface area (Å²) in [6, 6.07) is 16.9. The molecule has 0 N–H and O–H groups in total. The molecule has 1 saturated carbocycles. The van der Waals surface area contributed by atoms with Crippen molar-refractivity contribution in [1.29, 1.82) is 0 Å². The highest BCUT2D eigenvalue weighted by Gasteiger charge is 2.53. The summed E-state index contributed by atoms with van der Waals surface area (Å²) in [4.78, 5) is 32.4. The number of hydrogen-bond donors (Lipinski definition) is 0. The molecule has 2 atom stereocenters. The third kappa shape index (κ3) is 4.27. The Morgan fingerprint density at radius 1 is 0.919 bits per heavy atom. The third-order valence-electron chi connectivity index (χ3n) is 7.61. The van der Waals surface area contributed by atoms with E-state index in [1.54, 1.807) is 21.9 Å². The molecule has 1 aliphatic carbocycles. The molecule has 0 spiro atoms. The molecule has 0 bridgehead atoms. The summed E-state index contributed by atoms with van der Waals surface area (Å²) in [6.45, 7) is 4.73. The number of amides is 2. The predicted octanol–water partition coefficient (Wildman–Crippen LogP) is 6.50. The van der Waals surface area contributed by atoms with Gasteiger partial charge in [-0.1, -0.05) is 53.5 Å². The topological polar surface area (TPSA) is 53.1 Å². The fourth-order valence-corrected chi connectivity index (χ4v) is 6.05. The Labute approximate surface area is 226 Å². The molecule has 6 nitrogen and oxygen atoms in total. The van der Waals surface area contributed by atoms with Crippen LogP contribution in [0.25, 0.3) is 11.1 Å². The molecule has 0 aromatic heterocycles. The van der Waals surface area contributed by atoms with Crippen LogP contribution in [0.5, 0.6) is 5.75 Å². The lowest BCUT2D eigenvalue weighted by Gasteiger charge is -2.33. The van der Waals surface area contributed by atoms with Crippen molar-refractivity contribution in [1.82, 2.24) is 9.80 Å². The van der Waals surface area contributed by atoms with E-state index in [9.17, 15) is 9.59 Å². The van der Waals surface area contributed by atoms with Gasteiger partial charge in [0, 0.05) is 48.7 Å². The SMILES string of the molecule is Cc1cccc(Cl)c1N1C(=O)C2CC2c2c(-c3ccccc3Cl)cc(OC(=O)N3CCN(C)CC3)cc21. The van der Waals surface area contributed by atoms with E-state index < -0.39 is 6.09 Å². The molecule has 2 unspecified atom stereocenters. The van der Waals surface area contributed by atoms with Gasteiger partial charge in [0.05, 0.1) is 16.4 Å². The molecule has 37 heavy (non-hydrogen) atoms. The standard InChI is InChI=1S/C29H27Cl2N3O3/c1-17-6-5-9-24(31)27(17)34-25-15-18(37-29(36)33-12-10-32(2)11-13-33)14-20(19-7-3-4-8-23(19)30)26(25)21-16-22(21)28(34)35/h3-9,14-15,21-22H,10-13,16H2,1-2H3. The number of nitrogens with zero attached hydrogens (tertiary/aromatic N) is 3. The molecule has 3 aromatic rings. The number of hydrogen-bond acceptors (Lipinski definition) is 4. The highest BCUT2D eigenvalue weighted by atomic mass is 35.5. The molecule has 190 valence electrons. The van der Waals surface area contributed by atoms with Crippen molar-refractivity contribution in [3.63, 3.8) is 0 Å². The van der Waals surface area contributed by atoms with Crippen LogP contribution in [0.15, 0.2) is 54.6 Å². The minimum atomic E-state index is -0.398. The molecule has 3 aromatic carbocycles. The van der Waals surface area contributed by atoms with Gasteiger partial charge < -0.3 is 14.5 Å². The van der Waals surface area contributed by atoms with Crippen LogP contribution in [-0.4, -0.2) is 55.0 Å². The van der Waals surface area contributed by atoms with Crippen LogP contribution in [0.2, 0.25) is 10.0 Å². The summed E-state index contributed by atoms with van der Waals surface area (Å²) in [6.07, 6.45) is 0.369. The van der Waals surface area contributed by atoms with Crippen molar-refractivity contribution in [2.45, 2.75) is 19.3 Å². The molecule has 2 heterocycles. The van der Waals surface area contributed by atoms with Crippen molar-refractivity contribution in [2.24, 2.45) is 5.92 Å². The number of aryl methyl sites for hydroxylation is 1. The first-order valence-corrected chi connectivity index (χ1v) is 13.3. The van der Waals surface area contributed by atoms with Gasteiger partial charge in [-0.3, -0.25) is 9.69 Å². The predicted molar refractivity (Wildman–Crippen MR) is 146 cm³/mol. The summed E-state index contributed by atoms with van der Waals surface area (Å²) in [5.74, 6) is 0.374. The molecule has 6 rings (SSSR count). The van der Waals surface area contributed by atoms with Gasteiger partial charge in [0.25, 0.3) is 0 Å². The van der Waals surface area contributed by atoms with E-state index >= 15 is 0 Å². The lowest BCUT2D eigenvalue weighted by molar-refractivity contribution is -0.119.